The average molecular weight is 201 g/mol. The molecule has 0 amide bonds. The zero-order chi connectivity index (χ0) is 10.7. The van der Waals surface area contributed by atoms with Gasteiger partial charge >= 0.3 is 7.48 Å². The van der Waals surface area contributed by atoms with Gasteiger partial charge in [0.05, 0.1) is 0 Å². The average Bonchev–Trinajstić information content (AvgIpc) is 2.68. The molecular formula is C11H14BN2O. The fraction of sp³-hybridized carbons (Fsp3) is 0.273. The smallest absolute Gasteiger partial charge is 0.345 e. The van der Waals surface area contributed by atoms with Crippen molar-refractivity contribution in [3.05, 3.63) is 29.8 Å². The molecule has 0 aliphatic rings. The Morgan fingerprint density at radius 2 is 2.27 bits per heavy atom. The number of H-pyrrole nitrogens is 1. The molecule has 0 saturated carbocycles. The third-order valence-corrected chi connectivity index (χ3v) is 2.51. The summed E-state index contributed by atoms with van der Waals surface area (Å²) in [5.41, 5.74) is 3.11. The van der Waals surface area contributed by atoms with Gasteiger partial charge in [-0.15, -0.1) is 0 Å². The molecule has 0 aliphatic heterocycles. The van der Waals surface area contributed by atoms with Crippen molar-refractivity contribution < 1.29 is 5.02 Å². The van der Waals surface area contributed by atoms with Crippen molar-refractivity contribution in [3.8, 4) is 0 Å². The van der Waals surface area contributed by atoms with Gasteiger partial charge in [-0.1, -0.05) is 12.1 Å². The second-order valence-electron chi connectivity index (χ2n) is 3.63. The number of aromatic amines is 1. The van der Waals surface area contributed by atoms with Crippen LogP contribution in [0.2, 0.25) is 0 Å². The van der Waals surface area contributed by atoms with Gasteiger partial charge in [0.25, 0.3) is 0 Å². The molecular weight excluding hydrogens is 187 g/mol. The molecule has 77 valence electrons. The van der Waals surface area contributed by atoms with Crippen LogP contribution in [0.1, 0.15) is 5.56 Å². The van der Waals surface area contributed by atoms with Gasteiger partial charge in [-0.25, -0.2) is 0 Å². The van der Waals surface area contributed by atoms with Crippen LogP contribution in [-0.2, 0) is 6.42 Å². The lowest BCUT2D eigenvalue weighted by Gasteiger charge is -2.00. The SMILES string of the molecule is CNCCc1ccc2cc([B]O)[nH]c2c1. The van der Waals surface area contributed by atoms with E-state index in [1.165, 1.54) is 5.56 Å². The van der Waals surface area contributed by atoms with Crippen molar-refractivity contribution in [1.82, 2.24) is 10.3 Å². The Hall–Kier alpha value is -1.26. The Kier molecular flexibility index (Phi) is 3.09. The van der Waals surface area contributed by atoms with Gasteiger partial charge in [0, 0.05) is 11.1 Å². The molecule has 1 radical (unpaired) electrons. The molecule has 4 heteroatoms. The fourth-order valence-corrected chi connectivity index (χ4v) is 1.69. The predicted octanol–water partition coefficient (Wildman–Crippen LogP) is 0.167. The summed E-state index contributed by atoms with van der Waals surface area (Å²) in [6.07, 6.45) is 1.02. The summed E-state index contributed by atoms with van der Waals surface area (Å²) >= 11 is 0. The van der Waals surface area contributed by atoms with E-state index in [1.54, 1.807) is 0 Å². The van der Waals surface area contributed by atoms with E-state index in [4.69, 9.17) is 5.02 Å². The molecule has 0 spiro atoms. The van der Waals surface area contributed by atoms with Crippen LogP contribution in [0.5, 0.6) is 0 Å². The van der Waals surface area contributed by atoms with E-state index in [0.29, 0.717) is 0 Å². The maximum Gasteiger partial charge on any atom is 0.345 e. The molecule has 0 unspecified atom stereocenters. The molecule has 0 aliphatic carbocycles. The molecule has 2 aromatic rings. The molecule has 1 aromatic carbocycles. The monoisotopic (exact) mass is 201 g/mol. The van der Waals surface area contributed by atoms with Crippen LogP contribution in [0.3, 0.4) is 0 Å². The normalized spacial score (nSPS) is 10.8. The van der Waals surface area contributed by atoms with E-state index in [9.17, 15) is 0 Å². The Morgan fingerprint density at radius 3 is 3.00 bits per heavy atom. The van der Waals surface area contributed by atoms with Gasteiger partial charge < -0.3 is 15.3 Å². The van der Waals surface area contributed by atoms with Gasteiger partial charge in [-0.3, -0.25) is 0 Å². The zero-order valence-corrected chi connectivity index (χ0v) is 8.75. The molecule has 0 atom stereocenters. The van der Waals surface area contributed by atoms with Crippen molar-refractivity contribution in [1.29, 1.82) is 0 Å². The van der Waals surface area contributed by atoms with Gasteiger partial charge in [0.15, 0.2) is 0 Å². The molecule has 1 heterocycles. The third kappa shape index (κ3) is 2.22. The van der Waals surface area contributed by atoms with Gasteiger partial charge in [-0.2, -0.15) is 0 Å². The van der Waals surface area contributed by atoms with Gasteiger partial charge in [0.1, 0.15) is 0 Å². The topological polar surface area (TPSA) is 48.0 Å². The number of nitrogens with one attached hydrogen (secondary N) is 2. The molecule has 0 fully saturated rings. The Morgan fingerprint density at radius 1 is 1.40 bits per heavy atom. The maximum atomic E-state index is 8.88. The first kappa shape index (κ1) is 10.3. The summed E-state index contributed by atoms with van der Waals surface area (Å²) < 4.78 is 0. The van der Waals surface area contributed by atoms with Crippen LogP contribution >= 0.6 is 0 Å². The number of hydrogen-bond donors (Lipinski definition) is 3. The summed E-state index contributed by atoms with van der Waals surface area (Å²) in [6.45, 7) is 0.977. The third-order valence-electron chi connectivity index (χ3n) is 2.51. The van der Waals surface area contributed by atoms with E-state index in [-0.39, 0.29) is 0 Å². The van der Waals surface area contributed by atoms with Crippen LogP contribution in [0.4, 0.5) is 0 Å². The minimum atomic E-state index is 0.746. The number of rotatable bonds is 4. The Balaban J connectivity index is 2.29. The second kappa shape index (κ2) is 4.51. The largest absolute Gasteiger partial charge is 0.449 e. The first-order chi connectivity index (χ1) is 7.33. The summed E-state index contributed by atoms with van der Waals surface area (Å²) in [6, 6.07) is 8.25. The first-order valence-corrected chi connectivity index (χ1v) is 5.07. The minimum absolute atomic E-state index is 0.746. The van der Waals surface area contributed by atoms with Crippen LogP contribution in [0.15, 0.2) is 24.3 Å². The lowest BCUT2D eigenvalue weighted by molar-refractivity contribution is 0.614. The van der Waals surface area contributed by atoms with Crippen LogP contribution in [0.25, 0.3) is 10.9 Å². The van der Waals surface area contributed by atoms with Gasteiger partial charge in [0.2, 0.25) is 0 Å². The number of fused-ring (bicyclic) bond motifs is 1. The highest BCUT2D eigenvalue weighted by Crippen LogP contribution is 2.13. The highest BCUT2D eigenvalue weighted by molar-refractivity contribution is 6.45. The van der Waals surface area contributed by atoms with E-state index in [1.807, 2.05) is 13.1 Å². The molecule has 0 saturated heterocycles. The molecule has 0 bridgehead atoms. The molecule has 15 heavy (non-hydrogen) atoms. The first-order valence-electron chi connectivity index (χ1n) is 5.07. The van der Waals surface area contributed by atoms with E-state index < -0.39 is 0 Å². The number of hydrogen-bond acceptors (Lipinski definition) is 2. The lowest BCUT2D eigenvalue weighted by Crippen LogP contribution is -2.13. The Labute approximate surface area is 89.8 Å². The van der Waals surface area contributed by atoms with Gasteiger partial charge in [-0.05, 0) is 43.1 Å². The molecule has 3 nitrogen and oxygen atoms in total. The summed E-state index contributed by atoms with van der Waals surface area (Å²) in [5.74, 6) is 0. The number of benzene rings is 1. The second-order valence-corrected chi connectivity index (χ2v) is 3.63. The van der Waals surface area contributed by atoms with Crippen LogP contribution in [0, 0.1) is 0 Å². The van der Waals surface area contributed by atoms with Crippen molar-refractivity contribution in [3.63, 3.8) is 0 Å². The highest BCUT2D eigenvalue weighted by Gasteiger charge is 2.01. The number of aromatic nitrogens is 1. The summed E-state index contributed by atoms with van der Waals surface area (Å²) in [5, 5.41) is 13.1. The number of likely N-dealkylation sites (N-methyl/N-ethyl adjacent to an activating group) is 1. The standard InChI is InChI=1S/C11H14BN2O/c1-13-5-4-8-2-3-9-7-11(12-15)14-10(9)6-8/h2-3,6-7,13-15H,4-5H2,1H3. The molecule has 1 aromatic heterocycles. The quantitative estimate of drug-likeness (QED) is 0.617. The van der Waals surface area contributed by atoms with E-state index in [2.05, 4.69) is 28.5 Å². The van der Waals surface area contributed by atoms with E-state index >= 15 is 0 Å². The Bertz CT molecular complexity index is 453. The van der Waals surface area contributed by atoms with Crippen molar-refractivity contribution >= 4 is 24.0 Å². The highest BCUT2D eigenvalue weighted by atomic mass is 16.2. The lowest BCUT2D eigenvalue weighted by atomic mass is 9.97. The van der Waals surface area contributed by atoms with Crippen molar-refractivity contribution in [2.24, 2.45) is 0 Å². The van der Waals surface area contributed by atoms with Crippen molar-refractivity contribution in [2.75, 3.05) is 13.6 Å². The zero-order valence-electron chi connectivity index (χ0n) is 8.75. The van der Waals surface area contributed by atoms with E-state index in [0.717, 1.165) is 36.9 Å². The van der Waals surface area contributed by atoms with Crippen molar-refractivity contribution in [2.45, 2.75) is 6.42 Å². The maximum absolute atomic E-state index is 8.88. The molecule has 3 N–H and O–H groups in total. The predicted molar refractivity (Wildman–Crippen MR) is 63.5 cm³/mol. The van der Waals surface area contributed by atoms with Crippen LogP contribution in [-0.4, -0.2) is 31.1 Å². The molecule has 2 rings (SSSR count). The fourth-order valence-electron chi connectivity index (χ4n) is 1.69. The summed E-state index contributed by atoms with van der Waals surface area (Å²) in [4.78, 5) is 3.14. The van der Waals surface area contributed by atoms with Crippen LogP contribution < -0.4 is 10.9 Å². The summed E-state index contributed by atoms with van der Waals surface area (Å²) in [7, 11) is 3.04. The minimum Gasteiger partial charge on any atom is -0.449 e.